The van der Waals surface area contributed by atoms with Crippen molar-refractivity contribution in [3.05, 3.63) is 94.3 Å². The van der Waals surface area contributed by atoms with Gasteiger partial charge in [0.25, 0.3) is 11.8 Å². The molecule has 2 aliphatic rings. The molecule has 2 N–H and O–H groups in total. The molecule has 2 aliphatic heterocycles. The molecule has 0 radical (unpaired) electrons. The molecule has 3 aromatic rings. The predicted molar refractivity (Wildman–Crippen MR) is 147 cm³/mol. The van der Waals surface area contributed by atoms with Gasteiger partial charge in [0.2, 0.25) is 0 Å². The fourth-order valence-electron chi connectivity index (χ4n) is 4.53. The lowest BCUT2D eigenvalue weighted by Gasteiger charge is -2.41. The summed E-state index contributed by atoms with van der Waals surface area (Å²) in [5.74, 6) is 3.21. The highest BCUT2D eigenvalue weighted by molar-refractivity contribution is 6.12. The second-order valence-electron chi connectivity index (χ2n) is 9.19. The Labute approximate surface area is 221 Å². The van der Waals surface area contributed by atoms with E-state index in [1.165, 1.54) is 24.3 Å². The van der Waals surface area contributed by atoms with E-state index >= 15 is 4.39 Å². The lowest BCUT2D eigenvalue weighted by Crippen LogP contribution is -2.45. The zero-order chi connectivity index (χ0) is 26.6. The van der Waals surface area contributed by atoms with Crippen LogP contribution >= 0.6 is 0 Å². The van der Waals surface area contributed by atoms with E-state index in [1.54, 1.807) is 36.4 Å². The van der Waals surface area contributed by atoms with Crippen molar-refractivity contribution >= 4 is 28.9 Å². The van der Waals surface area contributed by atoms with Crippen LogP contribution in [0.25, 0.3) is 0 Å². The fraction of sp³-hybridized carbons (Fsp3) is 0.194. The van der Waals surface area contributed by atoms with Crippen molar-refractivity contribution < 1.29 is 14.0 Å². The Kier molecular flexibility index (Phi) is 7.04. The number of likely N-dealkylation sites (tertiary alicyclic amines) is 1. The Hall–Kier alpha value is -4.72. The molecular weight excluding hydrogens is 479 g/mol. The number of aliphatic imine (C=N–C) groups is 1. The number of nitrogens with one attached hydrogen (secondary N) is 2. The first-order chi connectivity index (χ1) is 18.5. The smallest absolute Gasteiger partial charge is 0.258 e. The lowest BCUT2D eigenvalue weighted by atomic mass is 9.92. The summed E-state index contributed by atoms with van der Waals surface area (Å²) in [5.41, 5.74) is 3.73. The summed E-state index contributed by atoms with van der Waals surface area (Å²) in [6.45, 7) is 2.69. The fourth-order valence-corrected chi connectivity index (χ4v) is 4.53. The molecule has 0 spiro atoms. The maximum atomic E-state index is 15.2. The molecule has 188 valence electrons. The molecule has 0 aromatic heterocycles. The van der Waals surface area contributed by atoms with Crippen molar-refractivity contribution in [2.75, 3.05) is 30.3 Å². The number of rotatable bonds is 7. The van der Waals surface area contributed by atoms with Crippen LogP contribution in [0.3, 0.4) is 0 Å². The molecule has 1 unspecified atom stereocenters. The number of carbonyl (C=O) groups excluding carboxylic acids is 2. The second-order valence-corrected chi connectivity index (χ2v) is 9.19. The third kappa shape index (κ3) is 5.06. The molecular formula is C31H25FN4O2. The highest BCUT2D eigenvalue weighted by atomic mass is 19.1. The quantitative estimate of drug-likeness (QED) is 0.451. The summed E-state index contributed by atoms with van der Waals surface area (Å²) in [7, 11) is 0. The molecule has 2 amide bonds. The van der Waals surface area contributed by atoms with E-state index < -0.39 is 17.6 Å². The summed E-state index contributed by atoms with van der Waals surface area (Å²) in [4.78, 5) is 32.9. The third-order valence-electron chi connectivity index (χ3n) is 6.80. The molecule has 0 saturated carbocycles. The Morgan fingerprint density at radius 1 is 0.895 bits per heavy atom. The van der Waals surface area contributed by atoms with Crippen molar-refractivity contribution in [1.82, 2.24) is 4.90 Å². The molecule has 1 saturated heterocycles. The van der Waals surface area contributed by atoms with E-state index in [1.807, 2.05) is 0 Å². The number of benzene rings is 3. The first-order valence-electron chi connectivity index (χ1n) is 12.3. The maximum Gasteiger partial charge on any atom is 0.258 e. The van der Waals surface area contributed by atoms with Crippen LogP contribution in [0.1, 0.15) is 56.3 Å². The topological polar surface area (TPSA) is 73.8 Å². The van der Waals surface area contributed by atoms with Gasteiger partial charge >= 0.3 is 0 Å². The molecule has 3 aromatic carbocycles. The average molecular weight is 505 g/mol. The number of hydrogen-bond acceptors (Lipinski definition) is 4. The van der Waals surface area contributed by atoms with Crippen LogP contribution in [0.2, 0.25) is 0 Å². The van der Waals surface area contributed by atoms with Crippen LogP contribution < -0.4 is 10.6 Å². The minimum atomic E-state index is -0.670. The van der Waals surface area contributed by atoms with Gasteiger partial charge in [0.1, 0.15) is 5.82 Å². The second kappa shape index (κ2) is 10.7. The van der Waals surface area contributed by atoms with E-state index in [0.29, 0.717) is 16.8 Å². The first-order valence-corrected chi connectivity index (χ1v) is 12.3. The van der Waals surface area contributed by atoms with Gasteiger partial charge in [0.15, 0.2) is 0 Å². The van der Waals surface area contributed by atoms with Crippen LogP contribution in [-0.4, -0.2) is 42.1 Å². The summed E-state index contributed by atoms with van der Waals surface area (Å²) < 4.78 is 15.2. The van der Waals surface area contributed by atoms with E-state index in [4.69, 9.17) is 12.8 Å². The van der Waals surface area contributed by atoms with E-state index in [2.05, 4.69) is 32.4 Å². The minimum absolute atomic E-state index is 0.0505. The Bertz CT molecular complexity index is 1520. The van der Waals surface area contributed by atoms with Gasteiger partial charge in [-0.1, -0.05) is 17.9 Å². The minimum Gasteiger partial charge on any atom is -0.322 e. The Morgan fingerprint density at radius 2 is 1.58 bits per heavy atom. The van der Waals surface area contributed by atoms with Gasteiger partial charge in [-0.3, -0.25) is 19.5 Å². The highest BCUT2D eigenvalue weighted by Crippen LogP contribution is 2.32. The molecule has 0 bridgehead atoms. The van der Waals surface area contributed by atoms with Crippen molar-refractivity contribution in [2.45, 2.75) is 18.9 Å². The van der Waals surface area contributed by atoms with Crippen molar-refractivity contribution in [2.24, 2.45) is 4.99 Å². The largest absolute Gasteiger partial charge is 0.322 e. The SMILES string of the molecule is C#Cc1ccc(NC(=O)c2cc(C#C)ccc2NC(=O)c2ccc(C(C3=NCC3)N3CCC3)cc2F)cc1. The number of anilines is 2. The number of halogens is 1. The van der Waals surface area contributed by atoms with Crippen LogP contribution in [0.5, 0.6) is 0 Å². The van der Waals surface area contributed by atoms with Gasteiger partial charge in [0, 0.05) is 48.6 Å². The number of terminal acetylenes is 2. The van der Waals surface area contributed by atoms with Crippen LogP contribution in [0.4, 0.5) is 15.8 Å². The molecule has 0 aliphatic carbocycles. The first kappa shape index (κ1) is 25.0. The third-order valence-corrected chi connectivity index (χ3v) is 6.80. The predicted octanol–water partition coefficient (Wildman–Crippen LogP) is 4.88. The number of amides is 2. The Balaban J connectivity index is 1.37. The van der Waals surface area contributed by atoms with Gasteiger partial charge < -0.3 is 10.6 Å². The number of hydrogen-bond donors (Lipinski definition) is 2. The number of nitrogens with zero attached hydrogens (tertiary/aromatic N) is 2. The number of carbonyl (C=O) groups is 2. The standard InChI is InChI=1S/C31H25FN4O2/c1-3-20-6-10-23(11-7-20)34-31(38)25-18-21(4-2)8-13-27(25)35-30(37)24-12-9-22(19-26(24)32)29(28-14-15-33-28)36-16-5-17-36/h1-2,6-13,18-19,29H,5,14-17H2,(H,34,38)(H,35,37). The van der Waals surface area contributed by atoms with Gasteiger partial charge in [-0.15, -0.1) is 12.8 Å². The Morgan fingerprint density at radius 3 is 2.16 bits per heavy atom. The van der Waals surface area contributed by atoms with Gasteiger partial charge in [-0.05, 0) is 66.6 Å². The summed E-state index contributed by atoms with van der Waals surface area (Å²) >= 11 is 0. The normalized spacial score (nSPS) is 15.1. The average Bonchev–Trinajstić information content (AvgIpc) is 2.86. The molecule has 1 atom stereocenters. The molecule has 7 heteroatoms. The van der Waals surface area contributed by atoms with Crippen LogP contribution in [0.15, 0.2) is 65.7 Å². The van der Waals surface area contributed by atoms with Gasteiger partial charge in [0.05, 0.1) is 22.9 Å². The van der Waals surface area contributed by atoms with Gasteiger partial charge in [-0.25, -0.2) is 4.39 Å². The molecule has 6 nitrogen and oxygen atoms in total. The van der Waals surface area contributed by atoms with E-state index in [9.17, 15) is 9.59 Å². The van der Waals surface area contributed by atoms with Gasteiger partial charge in [-0.2, -0.15) is 0 Å². The summed E-state index contributed by atoms with van der Waals surface area (Å²) in [5, 5.41) is 5.45. The zero-order valence-electron chi connectivity index (χ0n) is 20.6. The van der Waals surface area contributed by atoms with Crippen molar-refractivity contribution in [3.63, 3.8) is 0 Å². The molecule has 5 rings (SSSR count). The summed E-state index contributed by atoms with van der Waals surface area (Å²) in [6.07, 6.45) is 12.9. The maximum absolute atomic E-state index is 15.2. The zero-order valence-corrected chi connectivity index (χ0v) is 20.6. The van der Waals surface area contributed by atoms with Crippen LogP contribution in [-0.2, 0) is 0 Å². The monoisotopic (exact) mass is 504 g/mol. The molecule has 2 heterocycles. The van der Waals surface area contributed by atoms with Crippen molar-refractivity contribution in [3.8, 4) is 24.7 Å². The van der Waals surface area contributed by atoms with E-state index in [-0.39, 0.29) is 22.9 Å². The highest BCUT2D eigenvalue weighted by Gasteiger charge is 2.32. The molecule has 1 fully saturated rings. The van der Waals surface area contributed by atoms with Crippen molar-refractivity contribution in [1.29, 1.82) is 0 Å². The van der Waals surface area contributed by atoms with Crippen LogP contribution in [0, 0.1) is 30.5 Å². The lowest BCUT2D eigenvalue weighted by molar-refractivity contribution is 0.102. The summed E-state index contributed by atoms with van der Waals surface area (Å²) in [6, 6.07) is 16.0. The molecule has 38 heavy (non-hydrogen) atoms. The van der Waals surface area contributed by atoms with E-state index in [0.717, 1.165) is 43.8 Å².